The number of ether oxygens (including phenoxy) is 1. The number of aromatic nitrogens is 2. The van der Waals surface area contributed by atoms with E-state index in [-0.39, 0.29) is 30.4 Å². The first-order valence-corrected chi connectivity index (χ1v) is 8.95. The van der Waals surface area contributed by atoms with Crippen LogP contribution in [-0.4, -0.2) is 47.3 Å². The van der Waals surface area contributed by atoms with Gasteiger partial charge in [0.1, 0.15) is 11.3 Å². The molecule has 1 aliphatic rings. The topological polar surface area (TPSA) is 96.4 Å². The second-order valence-corrected chi connectivity index (χ2v) is 6.29. The average molecular weight is 429 g/mol. The number of anilines is 1. The fourth-order valence-corrected chi connectivity index (χ4v) is 3.06. The van der Waals surface area contributed by atoms with Crippen LogP contribution in [0, 0.1) is 5.92 Å². The number of aromatic carboxylic acids is 1. The number of carboxylic acids is 1. The Kier molecular flexibility index (Phi) is 9.99. The van der Waals surface area contributed by atoms with Crippen molar-refractivity contribution >= 4 is 36.7 Å². The van der Waals surface area contributed by atoms with Crippen molar-refractivity contribution in [1.82, 2.24) is 15.3 Å². The maximum absolute atomic E-state index is 11.5. The molecule has 0 saturated carbocycles. The van der Waals surface area contributed by atoms with Gasteiger partial charge in [0, 0.05) is 18.3 Å². The highest BCUT2D eigenvalue weighted by atomic mass is 35.5. The highest BCUT2D eigenvalue weighted by Crippen LogP contribution is 2.26. The van der Waals surface area contributed by atoms with Gasteiger partial charge in [0.05, 0.1) is 12.3 Å². The van der Waals surface area contributed by atoms with Crippen molar-refractivity contribution in [2.75, 3.05) is 31.6 Å². The van der Waals surface area contributed by atoms with Crippen LogP contribution in [0.15, 0.2) is 30.5 Å². The molecule has 2 heterocycles. The first kappa shape index (κ1) is 23.9. The molecule has 1 aromatic heterocycles. The van der Waals surface area contributed by atoms with Gasteiger partial charge in [-0.3, -0.25) is 0 Å². The molecule has 28 heavy (non-hydrogen) atoms. The van der Waals surface area contributed by atoms with Crippen LogP contribution in [0.1, 0.15) is 30.1 Å². The van der Waals surface area contributed by atoms with Gasteiger partial charge >= 0.3 is 5.97 Å². The summed E-state index contributed by atoms with van der Waals surface area (Å²) >= 11 is 0. The first-order chi connectivity index (χ1) is 12.7. The molecule has 0 unspecified atom stereocenters. The van der Waals surface area contributed by atoms with Gasteiger partial charge in [-0.1, -0.05) is 0 Å². The minimum atomic E-state index is -1.02. The molecule has 0 bridgehead atoms. The lowest BCUT2D eigenvalue weighted by molar-refractivity contribution is 0.0692. The monoisotopic (exact) mass is 428 g/mol. The number of nitrogens with zero attached hydrogens (tertiary/aromatic N) is 2. The summed E-state index contributed by atoms with van der Waals surface area (Å²) in [6.45, 7) is 5.19. The normalized spacial score (nSPS) is 13.8. The largest absolute Gasteiger partial charge is 0.493 e. The third-order valence-corrected chi connectivity index (χ3v) is 4.47. The van der Waals surface area contributed by atoms with Crippen molar-refractivity contribution in [3.8, 4) is 17.0 Å². The molecule has 0 amide bonds. The molecule has 3 N–H and O–H groups in total. The van der Waals surface area contributed by atoms with E-state index >= 15 is 0 Å². The maximum atomic E-state index is 11.5. The van der Waals surface area contributed by atoms with Gasteiger partial charge in [0.2, 0.25) is 5.95 Å². The number of hydrogen-bond acceptors (Lipinski definition) is 6. The third-order valence-electron chi connectivity index (χ3n) is 4.47. The molecule has 1 fully saturated rings. The summed E-state index contributed by atoms with van der Waals surface area (Å²) in [7, 11) is 0. The van der Waals surface area contributed by atoms with E-state index in [4.69, 9.17) is 4.74 Å². The van der Waals surface area contributed by atoms with Crippen molar-refractivity contribution in [1.29, 1.82) is 0 Å². The summed E-state index contributed by atoms with van der Waals surface area (Å²) in [6, 6.07) is 6.85. The molecular weight excluding hydrogens is 403 g/mol. The van der Waals surface area contributed by atoms with Crippen molar-refractivity contribution in [3.63, 3.8) is 0 Å². The summed E-state index contributed by atoms with van der Waals surface area (Å²) in [6.07, 6.45) is 3.98. The van der Waals surface area contributed by atoms with Crippen LogP contribution < -0.4 is 15.4 Å². The van der Waals surface area contributed by atoms with E-state index in [9.17, 15) is 9.90 Å². The van der Waals surface area contributed by atoms with Crippen LogP contribution in [0.25, 0.3) is 11.3 Å². The molecule has 0 atom stereocenters. The van der Waals surface area contributed by atoms with Crippen LogP contribution >= 0.6 is 24.8 Å². The second kappa shape index (κ2) is 11.7. The van der Waals surface area contributed by atoms with E-state index < -0.39 is 5.97 Å². The van der Waals surface area contributed by atoms with Crippen LogP contribution in [0.4, 0.5) is 5.95 Å². The summed E-state index contributed by atoms with van der Waals surface area (Å²) in [4.78, 5) is 20.3. The average Bonchev–Trinajstić information content (AvgIpc) is 2.68. The van der Waals surface area contributed by atoms with E-state index in [1.807, 2.05) is 13.0 Å². The van der Waals surface area contributed by atoms with E-state index in [2.05, 4.69) is 20.6 Å². The van der Waals surface area contributed by atoms with Crippen molar-refractivity contribution < 1.29 is 14.6 Å². The van der Waals surface area contributed by atoms with Crippen molar-refractivity contribution in [3.05, 3.63) is 36.0 Å². The second-order valence-electron chi connectivity index (χ2n) is 6.29. The van der Waals surface area contributed by atoms with Gasteiger partial charge in [-0.15, -0.1) is 24.8 Å². The fraction of sp³-hybridized carbons (Fsp3) is 0.421. The van der Waals surface area contributed by atoms with Crippen LogP contribution in [0.2, 0.25) is 0 Å². The molecule has 7 nitrogen and oxygen atoms in total. The molecule has 154 valence electrons. The van der Waals surface area contributed by atoms with Gasteiger partial charge in [-0.05, 0) is 63.0 Å². The Bertz CT molecular complexity index is 771. The Balaban J connectivity index is 0.00000196. The van der Waals surface area contributed by atoms with E-state index in [1.165, 1.54) is 0 Å². The summed E-state index contributed by atoms with van der Waals surface area (Å²) in [5.41, 5.74) is 1.53. The standard InChI is InChI=1S/C19H24N4O3.2ClH/c1-2-26-17-4-3-14(11-15(17)18(24)25)16-7-10-21-19(23-16)22-12-13-5-8-20-9-6-13;;/h3-4,7,10-11,13,20H,2,5-6,8-9,12H2,1H3,(H,24,25)(H,21,22,23);2*1H. The summed E-state index contributed by atoms with van der Waals surface area (Å²) in [5, 5.41) is 16.1. The molecule has 1 aliphatic heterocycles. The minimum absolute atomic E-state index is 0. The Morgan fingerprint density at radius 3 is 2.71 bits per heavy atom. The van der Waals surface area contributed by atoms with Crippen molar-refractivity contribution in [2.45, 2.75) is 19.8 Å². The van der Waals surface area contributed by atoms with Crippen LogP contribution in [-0.2, 0) is 0 Å². The lowest BCUT2D eigenvalue weighted by Gasteiger charge is -2.22. The van der Waals surface area contributed by atoms with Gasteiger partial charge in [-0.2, -0.15) is 0 Å². The quantitative estimate of drug-likeness (QED) is 0.620. The zero-order chi connectivity index (χ0) is 18.4. The molecule has 3 rings (SSSR count). The Morgan fingerprint density at radius 1 is 1.29 bits per heavy atom. The number of carboxylic acid groups (broad SMARTS) is 1. The number of rotatable bonds is 7. The molecule has 2 aromatic rings. The zero-order valence-electron chi connectivity index (χ0n) is 15.7. The Hall–Kier alpha value is -2.09. The molecular formula is C19H26Cl2N4O3. The maximum Gasteiger partial charge on any atom is 0.339 e. The predicted molar refractivity (Wildman–Crippen MR) is 114 cm³/mol. The number of nitrogens with one attached hydrogen (secondary N) is 2. The molecule has 1 aromatic carbocycles. The summed E-state index contributed by atoms with van der Waals surface area (Å²) in [5.74, 6) is 0.523. The predicted octanol–water partition coefficient (Wildman–Crippen LogP) is 3.50. The van der Waals surface area contributed by atoms with Crippen LogP contribution in [0.3, 0.4) is 0 Å². The van der Waals surface area contributed by atoms with Crippen molar-refractivity contribution in [2.24, 2.45) is 5.92 Å². The Morgan fingerprint density at radius 2 is 2.04 bits per heavy atom. The van der Waals surface area contributed by atoms with E-state index in [0.29, 0.717) is 29.9 Å². The number of piperidine rings is 1. The number of hydrogen-bond donors (Lipinski definition) is 3. The van der Waals surface area contributed by atoms with E-state index in [0.717, 1.165) is 38.0 Å². The van der Waals surface area contributed by atoms with Gasteiger partial charge in [0.25, 0.3) is 0 Å². The lowest BCUT2D eigenvalue weighted by Crippen LogP contribution is -2.31. The number of benzene rings is 1. The highest BCUT2D eigenvalue weighted by molar-refractivity contribution is 5.92. The molecule has 1 saturated heterocycles. The summed E-state index contributed by atoms with van der Waals surface area (Å²) < 4.78 is 5.39. The lowest BCUT2D eigenvalue weighted by atomic mass is 9.98. The molecule has 0 radical (unpaired) electrons. The smallest absolute Gasteiger partial charge is 0.339 e. The molecule has 9 heteroatoms. The fourth-order valence-electron chi connectivity index (χ4n) is 3.06. The van der Waals surface area contributed by atoms with Gasteiger partial charge < -0.3 is 20.5 Å². The first-order valence-electron chi connectivity index (χ1n) is 8.95. The van der Waals surface area contributed by atoms with Crippen LogP contribution in [0.5, 0.6) is 5.75 Å². The number of carbonyl (C=O) groups is 1. The van der Waals surface area contributed by atoms with E-state index in [1.54, 1.807) is 24.4 Å². The molecule has 0 aliphatic carbocycles. The highest BCUT2D eigenvalue weighted by Gasteiger charge is 2.15. The van der Waals surface area contributed by atoms with Gasteiger partial charge in [0.15, 0.2) is 0 Å². The zero-order valence-corrected chi connectivity index (χ0v) is 17.3. The minimum Gasteiger partial charge on any atom is -0.493 e. The number of halogens is 2. The third kappa shape index (κ3) is 6.22. The van der Waals surface area contributed by atoms with Gasteiger partial charge in [-0.25, -0.2) is 14.8 Å². The SMILES string of the molecule is CCOc1ccc(-c2ccnc(NCC3CCNCC3)n2)cc1C(=O)O.Cl.Cl. The molecule has 0 spiro atoms. The Labute approximate surface area is 177 Å².